The van der Waals surface area contributed by atoms with Crippen LogP contribution in [-0.2, 0) is 6.61 Å². The van der Waals surface area contributed by atoms with Gasteiger partial charge in [-0.1, -0.05) is 22.0 Å². The van der Waals surface area contributed by atoms with Crippen LogP contribution >= 0.6 is 15.9 Å². The minimum absolute atomic E-state index is 0.0562. The largest absolute Gasteiger partial charge is 0.486 e. The fourth-order valence-electron chi connectivity index (χ4n) is 2.00. The maximum absolute atomic E-state index is 12.0. The number of carbonyl (C=O) groups is 2. The molecule has 2 N–H and O–H groups in total. The van der Waals surface area contributed by atoms with Gasteiger partial charge in [-0.15, -0.1) is 0 Å². The molecular formula is C18H14BrN3O4. The molecule has 0 aliphatic carbocycles. The summed E-state index contributed by atoms with van der Waals surface area (Å²) in [5, 5.41) is 0. The number of amides is 2. The Balaban J connectivity index is 1.51. The van der Waals surface area contributed by atoms with Crippen molar-refractivity contribution in [2.24, 2.45) is 0 Å². The standard InChI is InChI=1S/C18H14BrN3O4/c19-12-4-6-13(7-5-12)25-11-14-8-9-16(26-14)18(24)22-21-17(23)15-3-1-2-10-20-15/h1-10H,11H2,(H,21,23)(H,22,24). The van der Waals surface area contributed by atoms with Gasteiger partial charge in [0.25, 0.3) is 5.91 Å². The predicted molar refractivity (Wildman–Crippen MR) is 96.4 cm³/mol. The van der Waals surface area contributed by atoms with Gasteiger partial charge in [0.1, 0.15) is 23.8 Å². The van der Waals surface area contributed by atoms with Gasteiger partial charge in [0.2, 0.25) is 0 Å². The normalized spacial score (nSPS) is 10.2. The van der Waals surface area contributed by atoms with Crippen molar-refractivity contribution in [2.45, 2.75) is 6.61 Å². The van der Waals surface area contributed by atoms with Crippen LogP contribution in [0.5, 0.6) is 5.75 Å². The van der Waals surface area contributed by atoms with Gasteiger partial charge in [0, 0.05) is 10.7 Å². The van der Waals surface area contributed by atoms with E-state index in [9.17, 15) is 9.59 Å². The van der Waals surface area contributed by atoms with Crippen molar-refractivity contribution in [3.05, 3.63) is 82.5 Å². The second kappa shape index (κ2) is 8.30. The molecule has 3 rings (SSSR count). The summed E-state index contributed by atoms with van der Waals surface area (Å²) >= 11 is 3.35. The molecule has 8 heteroatoms. The van der Waals surface area contributed by atoms with Crippen molar-refractivity contribution in [1.82, 2.24) is 15.8 Å². The fourth-order valence-corrected chi connectivity index (χ4v) is 2.26. The van der Waals surface area contributed by atoms with E-state index >= 15 is 0 Å². The minimum Gasteiger partial charge on any atom is -0.486 e. The maximum Gasteiger partial charge on any atom is 0.305 e. The van der Waals surface area contributed by atoms with E-state index in [2.05, 4.69) is 31.8 Å². The van der Waals surface area contributed by atoms with Crippen LogP contribution in [-0.4, -0.2) is 16.8 Å². The summed E-state index contributed by atoms with van der Waals surface area (Å²) in [6, 6.07) is 15.4. The zero-order valence-electron chi connectivity index (χ0n) is 13.4. The number of aromatic nitrogens is 1. The lowest BCUT2D eigenvalue weighted by Gasteiger charge is -2.05. The first-order valence-corrected chi connectivity index (χ1v) is 8.40. The monoisotopic (exact) mass is 415 g/mol. The van der Waals surface area contributed by atoms with Crippen LogP contribution in [0.4, 0.5) is 0 Å². The summed E-state index contributed by atoms with van der Waals surface area (Å²) in [6.07, 6.45) is 1.49. The highest BCUT2D eigenvalue weighted by molar-refractivity contribution is 9.10. The molecule has 0 saturated carbocycles. The molecule has 26 heavy (non-hydrogen) atoms. The Hall–Kier alpha value is -3.13. The highest BCUT2D eigenvalue weighted by atomic mass is 79.9. The summed E-state index contributed by atoms with van der Waals surface area (Å²) in [4.78, 5) is 27.7. The highest BCUT2D eigenvalue weighted by Gasteiger charge is 2.13. The smallest absolute Gasteiger partial charge is 0.305 e. The van der Waals surface area contributed by atoms with Crippen LogP contribution < -0.4 is 15.6 Å². The average Bonchev–Trinajstić information content (AvgIpc) is 3.15. The van der Waals surface area contributed by atoms with Crippen molar-refractivity contribution < 1.29 is 18.7 Å². The van der Waals surface area contributed by atoms with Crippen LogP contribution in [0.3, 0.4) is 0 Å². The third kappa shape index (κ3) is 4.70. The quantitative estimate of drug-likeness (QED) is 0.624. The van der Waals surface area contributed by atoms with Crippen molar-refractivity contribution in [1.29, 1.82) is 0 Å². The Kier molecular flexibility index (Phi) is 5.65. The van der Waals surface area contributed by atoms with E-state index in [4.69, 9.17) is 9.15 Å². The SMILES string of the molecule is O=C(NNC(=O)c1ccc(COc2ccc(Br)cc2)o1)c1ccccn1. The lowest BCUT2D eigenvalue weighted by Crippen LogP contribution is -2.41. The number of hydrogen-bond donors (Lipinski definition) is 2. The van der Waals surface area contributed by atoms with Gasteiger partial charge in [0.05, 0.1) is 0 Å². The molecule has 2 aromatic heterocycles. The van der Waals surface area contributed by atoms with E-state index in [1.165, 1.54) is 18.3 Å². The fraction of sp³-hybridized carbons (Fsp3) is 0.0556. The minimum atomic E-state index is -0.579. The molecule has 0 unspecified atom stereocenters. The van der Waals surface area contributed by atoms with Crippen molar-refractivity contribution in [3.8, 4) is 5.75 Å². The number of nitrogens with one attached hydrogen (secondary N) is 2. The Morgan fingerprint density at radius 2 is 1.77 bits per heavy atom. The highest BCUT2D eigenvalue weighted by Crippen LogP contribution is 2.18. The number of rotatable bonds is 5. The van der Waals surface area contributed by atoms with Gasteiger partial charge < -0.3 is 9.15 Å². The third-order valence-corrected chi connectivity index (χ3v) is 3.80. The molecule has 0 aliphatic heterocycles. The number of hydrazine groups is 1. The average molecular weight is 416 g/mol. The van der Waals surface area contributed by atoms with Gasteiger partial charge >= 0.3 is 5.91 Å². The summed E-state index contributed by atoms with van der Waals surface area (Å²) in [7, 11) is 0. The third-order valence-electron chi connectivity index (χ3n) is 3.27. The zero-order valence-corrected chi connectivity index (χ0v) is 15.0. The molecule has 1 aromatic carbocycles. The van der Waals surface area contributed by atoms with E-state index in [1.54, 1.807) is 18.2 Å². The molecule has 0 atom stereocenters. The Morgan fingerprint density at radius 3 is 2.50 bits per heavy atom. The van der Waals surface area contributed by atoms with Crippen LogP contribution in [0.1, 0.15) is 26.8 Å². The van der Waals surface area contributed by atoms with Crippen LogP contribution in [0, 0.1) is 0 Å². The molecule has 7 nitrogen and oxygen atoms in total. The Bertz CT molecular complexity index is 894. The molecule has 0 spiro atoms. The molecule has 0 saturated heterocycles. The number of nitrogens with zero attached hydrogens (tertiary/aromatic N) is 1. The summed E-state index contributed by atoms with van der Waals surface area (Å²) in [6.45, 7) is 0.176. The first kappa shape index (κ1) is 17.7. The maximum atomic E-state index is 12.0. The van der Waals surface area contributed by atoms with Gasteiger partial charge in [-0.3, -0.25) is 25.4 Å². The van der Waals surface area contributed by atoms with Gasteiger partial charge in [-0.2, -0.15) is 0 Å². The van der Waals surface area contributed by atoms with Crippen LogP contribution in [0.15, 0.2) is 69.7 Å². The number of pyridine rings is 1. The number of hydrogen-bond acceptors (Lipinski definition) is 5. The first-order valence-electron chi connectivity index (χ1n) is 7.60. The van der Waals surface area contributed by atoms with Crippen LogP contribution in [0.2, 0.25) is 0 Å². The lowest BCUT2D eigenvalue weighted by molar-refractivity contribution is 0.0826. The van der Waals surface area contributed by atoms with Gasteiger partial charge in [-0.25, -0.2) is 0 Å². The molecule has 3 aromatic rings. The Morgan fingerprint density at radius 1 is 1.00 bits per heavy atom. The first-order chi connectivity index (χ1) is 12.6. The molecule has 0 fully saturated rings. The molecule has 0 bridgehead atoms. The van der Waals surface area contributed by atoms with Crippen LogP contribution in [0.25, 0.3) is 0 Å². The second-order valence-electron chi connectivity index (χ2n) is 5.13. The second-order valence-corrected chi connectivity index (χ2v) is 6.05. The van der Waals surface area contributed by atoms with Crippen molar-refractivity contribution in [3.63, 3.8) is 0 Å². The number of carbonyl (C=O) groups excluding carboxylic acids is 2. The van der Waals surface area contributed by atoms with Crippen molar-refractivity contribution >= 4 is 27.7 Å². The topological polar surface area (TPSA) is 93.5 Å². The summed E-state index contributed by atoms with van der Waals surface area (Å²) < 4.78 is 11.9. The molecule has 2 heterocycles. The summed E-state index contributed by atoms with van der Waals surface area (Å²) in [5.74, 6) is 0.113. The lowest BCUT2D eigenvalue weighted by atomic mass is 10.3. The predicted octanol–water partition coefficient (Wildman–Crippen LogP) is 3.09. The van der Waals surface area contributed by atoms with E-state index in [0.29, 0.717) is 11.5 Å². The molecule has 0 radical (unpaired) electrons. The number of benzene rings is 1. The van der Waals surface area contributed by atoms with E-state index in [-0.39, 0.29) is 18.1 Å². The summed E-state index contributed by atoms with van der Waals surface area (Å²) in [5.41, 5.74) is 4.74. The molecule has 2 amide bonds. The zero-order chi connectivity index (χ0) is 18.4. The number of ether oxygens (including phenoxy) is 1. The van der Waals surface area contributed by atoms with E-state index in [1.807, 2.05) is 24.3 Å². The van der Waals surface area contributed by atoms with Gasteiger partial charge in [0.15, 0.2) is 5.76 Å². The number of halogens is 1. The van der Waals surface area contributed by atoms with Crippen molar-refractivity contribution in [2.75, 3.05) is 0 Å². The molecule has 132 valence electrons. The molecule has 0 aliphatic rings. The Labute approximate surface area is 157 Å². The number of furan rings is 1. The van der Waals surface area contributed by atoms with E-state index in [0.717, 1.165) is 4.47 Å². The van der Waals surface area contributed by atoms with Gasteiger partial charge in [-0.05, 0) is 48.5 Å². The van der Waals surface area contributed by atoms with E-state index < -0.39 is 11.8 Å². The molecular weight excluding hydrogens is 402 g/mol.